The largest absolute Gasteiger partial charge is 0.301 e. The Morgan fingerprint density at radius 2 is 1.96 bits per heavy atom. The molecule has 0 bridgehead atoms. The van der Waals surface area contributed by atoms with Crippen LogP contribution in [0.3, 0.4) is 0 Å². The highest BCUT2D eigenvalue weighted by Crippen LogP contribution is 2.33. The van der Waals surface area contributed by atoms with Crippen LogP contribution in [0.1, 0.15) is 34.6 Å². The molecule has 7 nitrogen and oxygen atoms in total. The van der Waals surface area contributed by atoms with Crippen LogP contribution in [0.5, 0.6) is 0 Å². The lowest BCUT2D eigenvalue weighted by atomic mass is 9.96. The summed E-state index contributed by atoms with van der Waals surface area (Å²) in [6.07, 6.45) is 0. The number of nitrogens with one attached hydrogen (secondary N) is 2. The molecule has 0 atom stereocenters. The number of hydrogen-bond donors (Lipinski definition) is 2. The predicted molar refractivity (Wildman–Crippen MR) is 110 cm³/mol. The molecule has 1 aromatic rings. The highest BCUT2D eigenvalue weighted by atomic mass is 35.5. The van der Waals surface area contributed by atoms with Gasteiger partial charge in [0, 0.05) is 11.5 Å². The minimum absolute atomic E-state index is 0.0288. The molecule has 0 saturated carbocycles. The summed E-state index contributed by atoms with van der Waals surface area (Å²) in [4.78, 5) is 34.6. The molecule has 2 amide bonds. The van der Waals surface area contributed by atoms with Crippen molar-refractivity contribution in [2.45, 2.75) is 40.7 Å². The smallest absolute Gasteiger partial charge is 0.246 e. The number of hydrogen-bond acceptors (Lipinski definition) is 3. The molecular weight excluding hydrogens is 389 g/mol. The second kappa shape index (κ2) is 8.27. The summed E-state index contributed by atoms with van der Waals surface area (Å²) in [5.41, 5.74) is -0.0837. The zero-order valence-electron chi connectivity index (χ0n) is 15.9. The van der Waals surface area contributed by atoms with Gasteiger partial charge in [0.1, 0.15) is 6.54 Å². The van der Waals surface area contributed by atoms with E-state index in [-0.39, 0.29) is 36.3 Å². The summed E-state index contributed by atoms with van der Waals surface area (Å²) >= 11 is 12.4. The van der Waals surface area contributed by atoms with Crippen LogP contribution in [-0.4, -0.2) is 36.3 Å². The van der Waals surface area contributed by atoms with Crippen LogP contribution < -0.4 is 15.5 Å². The van der Waals surface area contributed by atoms with E-state index in [1.807, 2.05) is 13.8 Å². The summed E-state index contributed by atoms with van der Waals surface area (Å²) in [6, 6.07) is 5.01. The van der Waals surface area contributed by atoms with Crippen molar-refractivity contribution in [3.05, 3.63) is 28.2 Å². The Bertz CT molecular complexity index is 812. The van der Waals surface area contributed by atoms with E-state index in [0.717, 1.165) is 0 Å². The molecule has 1 fully saturated rings. The van der Waals surface area contributed by atoms with E-state index in [4.69, 9.17) is 23.2 Å². The lowest BCUT2D eigenvalue weighted by Gasteiger charge is -2.20. The monoisotopic (exact) mass is 411 g/mol. The normalized spacial score (nSPS) is 16.9. The first-order valence-electron chi connectivity index (χ1n) is 8.48. The van der Waals surface area contributed by atoms with Gasteiger partial charge >= 0.3 is 0 Å². The van der Waals surface area contributed by atoms with E-state index in [1.165, 1.54) is 0 Å². The maximum absolute atomic E-state index is 12.3. The molecule has 2 N–H and O–H groups in total. The molecule has 1 saturated heterocycles. The Morgan fingerprint density at radius 1 is 1.30 bits per heavy atom. The van der Waals surface area contributed by atoms with Crippen LogP contribution in [-0.2, 0) is 9.59 Å². The van der Waals surface area contributed by atoms with E-state index in [1.54, 1.807) is 43.9 Å². The molecule has 1 aliphatic rings. The summed E-state index contributed by atoms with van der Waals surface area (Å²) in [5, 5.41) is 6.06. The van der Waals surface area contributed by atoms with E-state index >= 15 is 0 Å². The highest BCUT2D eigenvalue weighted by Gasteiger charge is 2.30. The fourth-order valence-electron chi connectivity index (χ4n) is 2.16. The Kier molecular flexibility index (Phi) is 6.49. The van der Waals surface area contributed by atoms with Crippen LogP contribution in [0.15, 0.2) is 28.2 Å². The van der Waals surface area contributed by atoms with Crippen LogP contribution in [0.25, 0.3) is 0 Å². The summed E-state index contributed by atoms with van der Waals surface area (Å²) in [7, 11) is 0. The Labute approximate surface area is 168 Å². The van der Waals surface area contributed by atoms with Gasteiger partial charge in [0.15, 0.2) is 0 Å². The number of benzene rings is 1. The van der Waals surface area contributed by atoms with Gasteiger partial charge in [0.2, 0.25) is 23.7 Å². The van der Waals surface area contributed by atoms with E-state index in [9.17, 15) is 9.59 Å². The van der Waals surface area contributed by atoms with Crippen molar-refractivity contribution in [3.63, 3.8) is 0 Å². The number of aliphatic imine (C=N–C) groups is 2. The van der Waals surface area contributed by atoms with Crippen LogP contribution in [0.2, 0.25) is 10.0 Å². The van der Waals surface area contributed by atoms with Gasteiger partial charge in [-0.25, -0.2) is 4.99 Å². The van der Waals surface area contributed by atoms with Crippen molar-refractivity contribution in [1.82, 2.24) is 10.6 Å². The van der Waals surface area contributed by atoms with Crippen LogP contribution in [0, 0.1) is 5.41 Å². The maximum Gasteiger partial charge on any atom is 0.246 e. The minimum Gasteiger partial charge on any atom is -0.301 e. The van der Waals surface area contributed by atoms with Gasteiger partial charge in [-0.05, 0) is 26.0 Å². The molecule has 0 spiro atoms. The van der Waals surface area contributed by atoms with Crippen molar-refractivity contribution in [2.24, 2.45) is 15.4 Å². The number of guanidine groups is 2. The van der Waals surface area contributed by atoms with E-state index in [2.05, 4.69) is 20.6 Å². The molecule has 1 aromatic carbocycles. The molecule has 0 unspecified atom stereocenters. The first kappa shape index (κ1) is 21.2. The third-order valence-corrected chi connectivity index (χ3v) is 4.34. The van der Waals surface area contributed by atoms with E-state index in [0.29, 0.717) is 15.7 Å². The zero-order chi connectivity index (χ0) is 20.4. The molecule has 0 aromatic heterocycles. The number of amides is 2. The topological polar surface area (TPSA) is 86.2 Å². The molecule has 0 radical (unpaired) electrons. The average molecular weight is 412 g/mol. The van der Waals surface area contributed by atoms with Crippen molar-refractivity contribution in [1.29, 1.82) is 0 Å². The fraction of sp³-hybridized carbons (Fsp3) is 0.444. The molecule has 146 valence electrons. The van der Waals surface area contributed by atoms with Gasteiger partial charge in [-0.1, -0.05) is 50.0 Å². The van der Waals surface area contributed by atoms with Crippen molar-refractivity contribution in [3.8, 4) is 0 Å². The lowest BCUT2D eigenvalue weighted by Crippen LogP contribution is -2.41. The van der Waals surface area contributed by atoms with E-state index < -0.39 is 5.41 Å². The number of anilines is 1. The zero-order valence-corrected chi connectivity index (χ0v) is 17.4. The third kappa shape index (κ3) is 5.43. The SMILES string of the molecule is CC(C)N=C(/N=C1/NC(=O)CN1c1cccc(Cl)c1Cl)NC(=O)C(C)(C)C. The van der Waals surface area contributed by atoms with Gasteiger partial charge < -0.3 is 4.90 Å². The first-order chi connectivity index (χ1) is 12.5. The molecule has 1 heterocycles. The van der Waals surface area contributed by atoms with Gasteiger partial charge in [-0.3, -0.25) is 20.2 Å². The molecule has 0 aliphatic carbocycles. The quantitative estimate of drug-likeness (QED) is 0.578. The molecule has 2 rings (SSSR count). The number of halogens is 2. The number of carbonyl (C=O) groups is 2. The number of rotatable bonds is 2. The van der Waals surface area contributed by atoms with Crippen molar-refractivity contribution < 1.29 is 9.59 Å². The Hall–Kier alpha value is -2.12. The van der Waals surface area contributed by atoms with Crippen molar-refractivity contribution >= 4 is 52.6 Å². The minimum atomic E-state index is -0.618. The molecule has 1 aliphatic heterocycles. The Balaban J connectivity index is 2.42. The summed E-state index contributed by atoms with van der Waals surface area (Å²) < 4.78 is 0. The second-order valence-electron chi connectivity index (χ2n) is 7.39. The maximum atomic E-state index is 12.3. The summed E-state index contributed by atoms with van der Waals surface area (Å²) in [5.74, 6) is -0.151. The molecule has 27 heavy (non-hydrogen) atoms. The van der Waals surface area contributed by atoms with Gasteiger partial charge in [-0.15, -0.1) is 0 Å². The summed E-state index contributed by atoms with van der Waals surface area (Å²) in [6.45, 7) is 9.12. The van der Waals surface area contributed by atoms with Crippen LogP contribution in [0.4, 0.5) is 5.69 Å². The van der Waals surface area contributed by atoms with Gasteiger partial charge in [-0.2, -0.15) is 4.99 Å². The molecule has 9 heteroatoms. The standard InChI is InChI=1S/C18H23Cl2N5O2/c1-10(2)21-16(23-15(27)18(3,4)5)24-17-22-13(26)9-25(17)12-8-6-7-11(19)14(12)20/h6-8,10H,9H2,1-5H3,(H2,21,22,23,24,26,27). The predicted octanol–water partition coefficient (Wildman–Crippen LogP) is 3.21. The highest BCUT2D eigenvalue weighted by molar-refractivity contribution is 6.44. The van der Waals surface area contributed by atoms with Gasteiger partial charge in [0.25, 0.3) is 0 Å². The fourth-order valence-corrected chi connectivity index (χ4v) is 2.56. The Morgan fingerprint density at radius 3 is 2.56 bits per heavy atom. The van der Waals surface area contributed by atoms with Crippen molar-refractivity contribution in [2.75, 3.05) is 11.4 Å². The molecular formula is C18H23Cl2N5O2. The second-order valence-corrected chi connectivity index (χ2v) is 8.18. The number of carbonyl (C=O) groups excluding carboxylic acids is 2. The number of nitrogens with zero attached hydrogens (tertiary/aromatic N) is 3. The first-order valence-corrected chi connectivity index (χ1v) is 9.24. The van der Waals surface area contributed by atoms with Crippen LogP contribution >= 0.6 is 23.2 Å². The lowest BCUT2D eigenvalue weighted by molar-refractivity contribution is -0.127. The van der Waals surface area contributed by atoms with Gasteiger partial charge in [0.05, 0.1) is 15.7 Å². The third-order valence-electron chi connectivity index (χ3n) is 3.53. The average Bonchev–Trinajstić information content (AvgIpc) is 2.88.